The van der Waals surface area contributed by atoms with Gasteiger partial charge in [0, 0.05) is 11.6 Å². The molecule has 0 spiro atoms. The number of halogens is 1. The Hall–Kier alpha value is -2.15. The van der Waals surface area contributed by atoms with Gasteiger partial charge in [-0.3, -0.25) is 27.8 Å². The van der Waals surface area contributed by atoms with E-state index in [4.69, 9.17) is 30.2 Å². The molecule has 0 saturated carbocycles. The zero-order valence-corrected chi connectivity index (χ0v) is 26.1. The smallest absolute Gasteiger partial charge is 0.352 e. The monoisotopic (exact) mass is 752 g/mol. The first kappa shape index (κ1) is 39.0. The predicted molar refractivity (Wildman–Crippen MR) is 143 cm³/mol. The number of nitrogens with one attached hydrogen (secondary N) is 2. The van der Waals surface area contributed by atoms with Crippen LogP contribution in [0.3, 0.4) is 0 Å². The molecule has 45 heavy (non-hydrogen) atoms. The van der Waals surface area contributed by atoms with Gasteiger partial charge in [-0.05, 0) is 17.7 Å². The molecule has 258 valence electrons. The van der Waals surface area contributed by atoms with Gasteiger partial charge in [0.25, 0.3) is 0 Å². The molecule has 5 atom stereocenters. The van der Waals surface area contributed by atoms with Crippen LogP contribution < -0.4 is 10.6 Å². The lowest BCUT2D eigenvalue weighted by Gasteiger charge is -2.43. The highest BCUT2D eigenvalue weighted by Gasteiger charge is 2.54. The molecule has 1 heterocycles. The number of rotatable bonds is 17. The van der Waals surface area contributed by atoms with Gasteiger partial charge < -0.3 is 20.1 Å². The first-order valence-corrected chi connectivity index (χ1v) is 17.5. The number of ether oxygens (including phenoxy) is 2. The average molecular weight is 753 g/mol. The molecule has 0 aromatic heterocycles. The summed E-state index contributed by atoms with van der Waals surface area (Å²) in [5.74, 6) is -1.32. The Labute approximate surface area is 261 Å². The summed E-state index contributed by atoms with van der Waals surface area (Å²) >= 11 is 5.84. The number of amides is 2. The molecule has 1 fully saturated rings. The van der Waals surface area contributed by atoms with Crippen LogP contribution in [0.5, 0.6) is 0 Å². The fourth-order valence-corrected chi connectivity index (χ4v) is 5.57. The molecule has 1 saturated heterocycles. The molecule has 1 aliphatic heterocycles. The number of hydrogen-bond donors (Lipinski definition) is 6. The van der Waals surface area contributed by atoms with Crippen LogP contribution in [0.2, 0.25) is 5.02 Å². The fourth-order valence-electron chi connectivity index (χ4n) is 3.55. The Morgan fingerprint density at radius 3 is 1.93 bits per heavy atom. The Morgan fingerprint density at radius 2 is 1.38 bits per heavy atom. The highest BCUT2D eigenvalue weighted by Crippen LogP contribution is 2.32. The standard InChI is InChI=1S/C18H25ClN2O20S4/c19-11-3-1-2-10(6-11)7-13(22)21-8-14(23)20-4-5-36-18-17(41-45(33,34)35)16(40-44(30,31)32)15(39-43(27,28)29)12(38-18)9-37-42(24,25)26/h1-3,6,12,15-18H,4-5,7-9H2,(H,20,23)(H,21,22)(H,24,25,26)(H,27,28,29)(H,30,31,32)(H,33,34,35)/t12-,15-,16+,17+,18-/m1/s1. The normalized spacial score (nSPS) is 22.9. The van der Waals surface area contributed by atoms with E-state index < -0.39 is 110 Å². The molecule has 22 nitrogen and oxygen atoms in total. The third-order valence-corrected chi connectivity index (χ3v) is 7.14. The van der Waals surface area contributed by atoms with Crippen LogP contribution in [-0.2, 0) is 83.8 Å². The van der Waals surface area contributed by atoms with Gasteiger partial charge in [0.15, 0.2) is 12.4 Å². The molecule has 0 bridgehead atoms. The maximum atomic E-state index is 12.1. The van der Waals surface area contributed by atoms with Gasteiger partial charge in [-0.1, -0.05) is 23.7 Å². The fraction of sp³-hybridized carbons (Fsp3) is 0.556. The van der Waals surface area contributed by atoms with Gasteiger partial charge in [-0.25, -0.2) is 16.7 Å². The molecule has 1 aliphatic rings. The minimum absolute atomic E-state index is 0.108. The second-order valence-corrected chi connectivity index (χ2v) is 13.2. The van der Waals surface area contributed by atoms with E-state index in [1.807, 2.05) is 0 Å². The van der Waals surface area contributed by atoms with Crippen molar-refractivity contribution in [1.82, 2.24) is 10.6 Å². The molecule has 0 radical (unpaired) electrons. The largest absolute Gasteiger partial charge is 0.397 e. The first-order chi connectivity index (χ1) is 20.5. The van der Waals surface area contributed by atoms with Crippen LogP contribution >= 0.6 is 11.6 Å². The van der Waals surface area contributed by atoms with Gasteiger partial charge in [-0.2, -0.15) is 33.7 Å². The van der Waals surface area contributed by atoms with Gasteiger partial charge in [0.1, 0.15) is 18.3 Å². The zero-order chi connectivity index (χ0) is 34.2. The molecular formula is C18H25ClN2O20S4. The maximum Gasteiger partial charge on any atom is 0.397 e. The zero-order valence-electron chi connectivity index (χ0n) is 22.1. The highest BCUT2D eigenvalue weighted by molar-refractivity contribution is 7.81. The Bertz CT molecular complexity index is 1630. The summed E-state index contributed by atoms with van der Waals surface area (Å²) in [6.07, 6.45) is -12.7. The molecule has 1 aromatic rings. The Balaban J connectivity index is 2.17. The Kier molecular flexibility index (Phi) is 14.0. The van der Waals surface area contributed by atoms with Crippen LogP contribution in [0.4, 0.5) is 0 Å². The summed E-state index contributed by atoms with van der Waals surface area (Å²) in [7, 11) is -22.3. The second-order valence-electron chi connectivity index (χ2n) is 8.53. The second kappa shape index (κ2) is 16.1. The van der Waals surface area contributed by atoms with Crippen LogP contribution in [0.1, 0.15) is 5.56 Å². The highest BCUT2D eigenvalue weighted by atomic mass is 35.5. The number of carbonyl (C=O) groups excluding carboxylic acids is 2. The van der Waals surface area contributed by atoms with Crippen LogP contribution in [0.15, 0.2) is 24.3 Å². The maximum absolute atomic E-state index is 12.1. The summed E-state index contributed by atoms with van der Waals surface area (Å²) in [6.45, 7) is -3.12. The number of benzene rings is 1. The summed E-state index contributed by atoms with van der Waals surface area (Å²) in [6, 6.07) is 6.36. The summed E-state index contributed by atoms with van der Waals surface area (Å²) in [5.41, 5.74) is 0.559. The van der Waals surface area contributed by atoms with E-state index in [1.165, 1.54) is 6.07 Å². The molecule has 1 aromatic carbocycles. The van der Waals surface area contributed by atoms with Crippen molar-refractivity contribution in [3.63, 3.8) is 0 Å². The van der Waals surface area contributed by atoms with Crippen molar-refractivity contribution in [2.75, 3.05) is 26.3 Å². The Morgan fingerprint density at radius 1 is 0.800 bits per heavy atom. The van der Waals surface area contributed by atoms with E-state index in [9.17, 15) is 52.4 Å². The van der Waals surface area contributed by atoms with Crippen LogP contribution in [0.25, 0.3) is 0 Å². The van der Waals surface area contributed by atoms with Gasteiger partial charge in [0.05, 0.1) is 26.2 Å². The lowest BCUT2D eigenvalue weighted by atomic mass is 9.99. The van der Waals surface area contributed by atoms with Gasteiger partial charge >= 0.3 is 41.6 Å². The molecule has 0 aliphatic carbocycles. The first-order valence-electron chi connectivity index (χ1n) is 11.6. The lowest BCUT2D eigenvalue weighted by molar-refractivity contribution is -0.285. The molecular weight excluding hydrogens is 728 g/mol. The van der Waals surface area contributed by atoms with E-state index in [2.05, 4.69) is 27.4 Å². The van der Waals surface area contributed by atoms with Crippen molar-refractivity contribution < 1.29 is 87.7 Å². The van der Waals surface area contributed by atoms with Crippen molar-refractivity contribution >= 4 is 65.0 Å². The third-order valence-electron chi connectivity index (χ3n) is 5.08. The summed E-state index contributed by atoms with van der Waals surface area (Å²) in [4.78, 5) is 24.1. The molecule has 0 unspecified atom stereocenters. The van der Waals surface area contributed by atoms with Crippen molar-refractivity contribution in [1.29, 1.82) is 0 Å². The quantitative estimate of drug-likeness (QED) is 0.0693. The molecule has 6 N–H and O–H groups in total. The molecule has 2 amide bonds. The van der Waals surface area contributed by atoms with Gasteiger partial charge in [0.2, 0.25) is 11.8 Å². The van der Waals surface area contributed by atoms with Crippen molar-refractivity contribution in [3.05, 3.63) is 34.9 Å². The van der Waals surface area contributed by atoms with Crippen LogP contribution in [-0.4, -0.2) is 121 Å². The topological polar surface area (TPSA) is 331 Å². The average Bonchev–Trinajstić information content (AvgIpc) is 2.84. The predicted octanol–water partition coefficient (Wildman–Crippen LogP) is -2.76. The minimum Gasteiger partial charge on any atom is -0.352 e. The number of carbonyl (C=O) groups is 2. The van der Waals surface area contributed by atoms with Crippen molar-refractivity contribution in [2.45, 2.75) is 37.1 Å². The van der Waals surface area contributed by atoms with E-state index in [0.717, 1.165) is 0 Å². The minimum atomic E-state index is -5.69. The summed E-state index contributed by atoms with van der Waals surface area (Å²) < 4.78 is 154. The summed E-state index contributed by atoms with van der Waals surface area (Å²) in [5, 5.41) is 4.96. The SMILES string of the molecule is O=C(CNC(=O)Cc1cccc(Cl)c1)NCCO[C@@H]1O[C@H](COS(=O)(=O)O)[C@@H](OS(=O)(=O)O)[C@H](OS(=O)(=O)O)[C@@H]1OS(=O)(=O)O. The van der Waals surface area contributed by atoms with Crippen molar-refractivity contribution in [2.24, 2.45) is 0 Å². The van der Waals surface area contributed by atoms with Crippen LogP contribution in [0, 0.1) is 0 Å². The van der Waals surface area contributed by atoms with E-state index in [0.29, 0.717) is 10.6 Å². The van der Waals surface area contributed by atoms with Crippen molar-refractivity contribution in [3.8, 4) is 0 Å². The van der Waals surface area contributed by atoms with Gasteiger partial charge in [-0.15, -0.1) is 0 Å². The van der Waals surface area contributed by atoms with E-state index >= 15 is 0 Å². The molecule has 2 rings (SSSR count). The van der Waals surface area contributed by atoms with E-state index in [-0.39, 0.29) is 6.42 Å². The molecule has 27 heteroatoms. The lowest BCUT2D eigenvalue weighted by Crippen LogP contribution is -2.63. The third kappa shape index (κ3) is 15.8. The van der Waals surface area contributed by atoms with E-state index in [1.54, 1.807) is 18.2 Å². The number of hydrogen-bond acceptors (Lipinski definition) is 16.